The van der Waals surface area contributed by atoms with Gasteiger partial charge >= 0.3 is 5.97 Å². The molecule has 0 bridgehead atoms. The number of carbonyl (C=O) groups is 1. The summed E-state index contributed by atoms with van der Waals surface area (Å²) in [5.74, 6) is -0.361. The summed E-state index contributed by atoms with van der Waals surface area (Å²) < 4.78 is 14.5. The van der Waals surface area contributed by atoms with E-state index in [0.29, 0.717) is 5.33 Å². The molecule has 0 spiro atoms. The number of hydrogen-bond acceptors (Lipinski definition) is 4. The van der Waals surface area contributed by atoms with Gasteiger partial charge in [-0.25, -0.2) is 0 Å². The Hall–Kier alpha value is 0.350. The minimum atomic E-state index is -0.480. The van der Waals surface area contributed by atoms with Crippen LogP contribution in [0.3, 0.4) is 0 Å². The van der Waals surface area contributed by atoms with Crippen molar-refractivity contribution in [3.05, 3.63) is 0 Å². The SMILES string of the molecule is COCO[C@@H](CBr)[C@H](Br)C(=O)OC. The normalized spacial score (nSPS) is 15.1. The van der Waals surface area contributed by atoms with Crippen molar-refractivity contribution in [2.75, 3.05) is 26.3 Å². The maximum absolute atomic E-state index is 11.1. The Labute approximate surface area is 94.2 Å². The molecule has 0 heterocycles. The lowest BCUT2D eigenvalue weighted by molar-refractivity contribution is -0.144. The molecule has 2 atom stereocenters. The molecule has 78 valence electrons. The zero-order valence-corrected chi connectivity index (χ0v) is 10.6. The van der Waals surface area contributed by atoms with Crippen molar-refractivity contribution in [1.82, 2.24) is 0 Å². The fourth-order valence-electron chi connectivity index (χ4n) is 0.627. The predicted molar refractivity (Wildman–Crippen MR) is 55.3 cm³/mol. The minimum Gasteiger partial charge on any atom is -0.468 e. The van der Waals surface area contributed by atoms with Gasteiger partial charge in [0.05, 0.1) is 13.2 Å². The highest BCUT2D eigenvalue weighted by atomic mass is 79.9. The monoisotopic (exact) mass is 318 g/mol. The largest absolute Gasteiger partial charge is 0.468 e. The number of alkyl halides is 2. The second kappa shape index (κ2) is 7.73. The first-order valence-electron chi connectivity index (χ1n) is 3.55. The standard InChI is InChI=1S/C7H12Br2O4/c1-11-4-13-5(3-8)6(9)7(10)12-2/h5-6H,3-4H2,1-2H3/t5-,6-/m0/s1. The summed E-state index contributed by atoms with van der Waals surface area (Å²) in [4.78, 5) is 10.6. The molecule has 0 aliphatic carbocycles. The van der Waals surface area contributed by atoms with Crippen molar-refractivity contribution in [1.29, 1.82) is 0 Å². The number of esters is 1. The van der Waals surface area contributed by atoms with E-state index in [-0.39, 0.29) is 18.9 Å². The summed E-state index contributed by atoms with van der Waals surface area (Å²) in [5, 5.41) is 0.529. The third kappa shape index (κ3) is 4.95. The predicted octanol–water partition coefficient (Wildman–Crippen LogP) is 1.31. The van der Waals surface area contributed by atoms with Crippen LogP contribution < -0.4 is 0 Å². The second-order valence-corrected chi connectivity index (χ2v) is 3.82. The van der Waals surface area contributed by atoms with Crippen LogP contribution >= 0.6 is 31.9 Å². The molecule has 0 fully saturated rings. The van der Waals surface area contributed by atoms with Gasteiger partial charge in [-0.1, -0.05) is 31.9 Å². The number of hydrogen-bond donors (Lipinski definition) is 0. The van der Waals surface area contributed by atoms with Crippen LogP contribution in [-0.4, -0.2) is 43.2 Å². The van der Waals surface area contributed by atoms with Crippen molar-refractivity contribution in [3.63, 3.8) is 0 Å². The van der Waals surface area contributed by atoms with Gasteiger partial charge in [-0.2, -0.15) is 0 Å². The Morgan fingerprint density at radius 3 is 2.46 bits per heavy atom. The first kappa shape index (κ1) is 13.4. The fraction of sp³-hybridized carbons (Fsp3) is 0.857. The summed E-state index contributed by atoms with van der Waals surface area (Å²) in [6, 6.07) is 0. The molecule has 4 nitrogen and oxygen atoms in total. The maximum atomic E-state index is 11.1. The topological polar surface area (TPSA) is 44.8 Å². The summed E-state index contributed by atoms with van der Waals surface area (Å²) in [6.45, 7) is 0.148. The molecule has 0 aliphatic rings. The molecule has 0 amide bonds. The Bertz CT molecular complexity index is 153. The molecule has 0 N–H and O–H groups in total. The van der Waals surface area contributed by atoms with Gasteiger partial charge in [0.1, 0.15) is 11.6 Å². The van der Waals surface area contributed by atoms with E-state index in [4.69, 9.17) is 9.47 Å². The Kier molecular flexibility index (Phi) is 7.93. The zero-order chi connectivity index (χ0) is 10.3. The second-order valence-electron chi connectivity index (χ2n) is 2.19. The van der Waals surface area contributed by atoms with Gasteiger partial charge in [-0.05, 0) is 0 Å². The average molecular weight is 320 g/mol. The van der Waals surface area contributed by atoms with Crippen LogP contribution in [0.4, 0.5) is 0 Å². The molecule has 0 rings (SSSR count). The Morgan fingerprint density at radius 2 is 2.08 bits per heavy atom. The molecule has 0 unspecified atom stereocenters. The summed E-state index contributed by atoms with van der Waals surface area (Å²) in [5.41, 5.74) is 0. The van der Waals surface area contributed by atoms with E-state index in [1.165, 1.54) is 14.2 Å². The zero-order valence-electron chi connectivity index (χ0n) is 7.46. The van der Waals surface area contributed by atoms with Crippen LogP contribution in [0, 0.1) is 0 Å². The lowest BCUT2D eigenvalue weighted by Crippen LogP contribution is -2.34. The van der Waals surface area contributed by atoms with Crippen LogP contribution in [0.15, 0.2) is 0 Å². The third-order valence-electron chi connectivity index (χ3n) is 1.30. The number of methoxy groups -OCH3 is 2. The first-order valence-corrected chi connectivity index (χ1v) is 5.59. The number of rotatable bonds is 6. The number of ether oxygens (including phenoxy) is 3. The van der Waals surface area contributed by atoms with E-state index in [9.17, 15) is 4.79 Å². The maximum Gasteiger partial charge on any atom is 0.322 e. The summed E-state index contributed by atoms with van der Waals surface area (Å²) >= 11 is 6.40. The van der Waals surface area contributed by atoms with Gasteiger partial charge < -0.3 is 14.2 Å². The average Bonchev–Trinajstić information content (AvgIpc) is 2.17. The van der Waals surface area contributed by atoms with Crippen LogP contribution in [-0.2, 0) is 19.0 Å². The van der Waals surface area contributed by atoms with Gasteiger partial charge in [0.2, 0.25) is 0 Å². The third-order valence-corrected chi connectivity index (χ3v) is 2.91. The van der Waals surface area contributed by atoms with Gasteiger partial charge in [0.15, 0.2) is 0 Å². The molecular weight excluding hydrogens is 308 g/mol. The van der Waals surface area contributed by atoms with E-state index in [2.05, 4.69) is 36.6 Å². The van der Waals surface area contributed by atoms with Crippen molar-refractivity contribution in [2.24, 2.45) is 0 Å². The Balaban J connectivity index is 3.98. The van der Waals surface area contributed by atoms with Crippen molar-refractivity contribution in [2.45, 2.75) is 10.9 Å². The molecule has 13 heavy (non-hydrogen) atoms. The van der Waals surface area contributed by atoms with Crippen molar-refractivity contribution >= 4 is 37.8 Å². The molecule has 6 heteroatoms. The lowest BCUT2D eigenvalue weighted by Gasteiger charge is -2.18. The van der Waals surface area contributed by atoms with E-state index in [1.54, 1.807) is 0 Å². The molecule has 0 radical (unpaired) electrons. The minimum absolute atomic E-state index is 0.148. The van der Waals surface area contributed by atoms with E-state index in [0.717, 1.165) is 0 Å². The molecular formula is C7H12Br2O4. The number of halogens is 2. The first-order chi connectivity index (χ1) is 6.17. The summed E-state index contributed by atoms with van der Waals surface area (Å²) in [7, 11) is 2.85. The highest BCUT2D eigenvalue weighted by molar-refractivity contribution is 9.10. The molecule has 0 aromatic rings. The molecule has 0 aromatic heterocycles. The number of carbonyl (C=O) groups excluding carboxylic acids is 1. The van der Waals surface area contributed by atoms with Gasteiger partial charge in [0.25, 0.3) is 0 Å². The van der Waals surface area contributed by atoms with Crippen molar-refractivity contribution < 1.29 is 19.0 Å². The fourth-order valence-corrected chi connectivity index (χ4v) is 2.22. The lowest BCUT2D eigenvalue weighted by atomic mass is 10.3. The molecule has 0 aromatic carbocycles. The van der Waals surface area contributed by atoms with Crippen molar-refractivity contribution in [3.8, 4) is 0 Å². The van der Waals surface area contributed by atoms with Gasteiger partial charge in [-0.3, -0.25) is 4.79 Å². The smallest absolute Gasteiger partial charge is 0.322 e. The van der Waals surface area contributed by atoms with Crippen LogP contribution in [0.5, 0.6) is 0 Å². The van der Waals surface area contributed by atoms with Crippen LogP contribution in [0.1, 0.15) is 0 Å². The highest BCUT2D eigenvalue weighted by Crippen LogP contribution is 2.13. The van der Waals surface area contributed by atoms with E-state index < -0.39 is 4.83 Å². The van der Waals surface area contributed by atoms with Gasteiger partial charge in [0, 0.05) is 12.4 Å². The molecule has 0 aliphatic heterocycles. The van der Waals surface area contributed by atoms with Crippen LogP contribution in [0.2, 0.25) is 0 Å². The Morgan fingerprint density at radius 1 is 1.46 bits per heavy atom. The highest BCUT2D eigenvalue weighted by Gasteiger charge is 2.26. The van der Waals surface area contributed by atoms with Crippen LogP contribution in [0.25, 0.3) is 0 Å². The summed E-state index contributed by atoms with van der Waals surface area (Å²) in [6.07, 6.45) is -0.299. The van der Waals surface area contributed by atoms with E-state index in [1.807, 2.05) is 0 Å². The quantitative estimate of drug-likeness (QED) is 0.420. The van der Waals surface area contributed by atoms with Gasteiger partial charge in [-0.15, -0.1) is 0 Å². The molecule has 0 saturated carbocycles. The molecule has 0 saturated heterocycles. The van der Waals surface area contributed by atoms with E-state index >= 15 is 0 Å².